The molecule has 3 aromatic rings. The highest BCUT2D eigenvalue weighted by Crippen LogP contribution is 2.37. The number of amides is 2. The number of piperazine rings is 1. The van der Waals surface area contributed by atoms with E-state index in [1.165, 1.54) is 0 Å². The number of aromatic nitrogens is 2. The molecule has 5 rings (SSSR count). The monoisotopic (exact) mass is 408 g/mol. The average Bonchev–Trinajstić information content (AvgIpc) is 3.12. The molecule has 4 heterocycles. The maximum atomic E-state index is 12.9. The molecule has 7 nitrogen and oxygen atoms in total. The van der Waals surface area contributed by atoms with E-state index in [9.17, 15) is 14.4 Å². The zero-order valence-corrected chi connectivity index (χ0v) is 16.4. The van der Waals surface area contributed by atoms with E-state index >= 15 is 0 Å². The highest BCUT2D eigenvalue weighted by atomic mass is 35.5. The fourth-order valence-corrected chi connectivity index (χ4v) is 4.48. The molecule has 1 fully saturated rings. The number of rotatable bonds is 1. The summed E-state index contributed by atoms with van der Waals surface area (Å²) < 4.78 is 0. The van der Waals surface area contributed by atoms with Crippen LogP contribution in [0.25, 0.3) is 11.0 Å². The molecule has 2 aromatic heterocycles. The Balaban J connectivity index is 1.59. The smallest absolute Gasteiger partial charge is 0.295 e. The molecule has 0 aliphatic carbocycles. The van der Waals surface area contributed by atoms with Gasteiger partial charge in [-0.3, -0.25) is 14.4 Å². The SMILES string of the molecule is Cc1cc(Cl)nc2c3c([nH]c12)[C@@H]1CN(C(=O)c2ccccc2)CCN1C(=O)C3=O. The predicted octanol–water partition coefficient (Wildman–Crippen LogP) is 2.75. The number of hydrogen-bond acceptors (Lipinski definition) is 4. The second kappa shape index (κ2) is 6.42. The van der Waals surface area contributed by atoms with Crippen molar-refractivity contribution in [3.8, 4) is 0 Å². The van der Waals surface area contributed by atoms with E-state index in [0.29, 0.717) is 41.9 Å². The Morgan fingerprint density at radius 2 is 1.97 bits per heavy atom. The molecule has 1 atom stereocenters. The van der Waals surface area contributed by atoms with Crippen molar-refractivity contribution in [2.45, 2.75) is 13.0 Å². The number of carbonyl (C=O) groups excluding carboxylic acids is 3. The lowest BCUT2D eigenvalue weighted by Crippen LogP contribution is -2.56. The third-order valence-electron chi connectivity index (χ3n) is 5.65. The summed E-state index contributed by atoms with van der Waals surface area (Å²) in [6.07, 6.45) is 0. The summed E-state index contributed by atoms with van der Waals surface area (Å²) in [7, 11) is 0. The number of H-pyrrole nitrogens is 1. The van der Waals surface area contributed by atoms with Gasteiger partial charge in [0.15, 0.2) is 0 Å². The first-order valence-electron chi connectivity index (χ1n) is 9.34. The number of pyridine rings is 1. The fraction of sp³-hybridized carbons (Fsp3) is 0.238. The van der Waals surface area contributed by atoms with Gasteiger partial charge in [0.25, 0.3) is 17.6 Å². The highest BCUT2D eigenvalue weighted by Gasteiger charge is 2.45. The van der Waals surface area contributed by atoms with Crippen LogP contribution in [0, 0.1) is 6.92 Å². The Kier molecular flexibility index (Phi) is 3.96. The predicted molar refractivity (Wildman–Crippen MR) is 107 cm³/mol. The lowest BCUT2D eigenvalue weighted by molar-refractivity contribution is -0.131. The van der Waals surface area contributed by atoms with E-state index in [-0.39, 0.29) is 16.6 Å². The first-order chi connectivity index (χ1) is 14.0. The fourth-order valence-electron chi connectivity index (χ4n) is 4.23. The van der Waals surface area contributed by atoms with E-state index in [4.69, 9.17) is 11.6 Å². The molecule has 0 spiro atoms. The molecule has 1 saturated heterocycles. The topological polar surface area (TPSA) is 86.4 Å². The number of benzene rings is 1. The van der Waals surface area contributed by atoms with Crippen molar-refractivity contribution >= 4 is 40.2 Å². The van der Waals surface area contributed by atoms with Crippen LogP contribution in [-0.2, 0) is 4.79 Å². The molecule has 29 heavy (non-hydrogen) atoms. The summed E-state index contributed by atoms with van der Waals surface area (Å²) in [6, 6.07) is 10.3. The number of fused-ring (bicyclic) bond motifs is 5. The lowest BCUT2D eigenvalue weighted by Gasteiger charge is -2.43. The number of ketones is 1. The van der Waals surface area contributed by atoms with E-state index in [1.807, 2.05) is 25.1 Å². The number of nitrogens with one attached hydrogen (secondary N) is 1. The van der Waals surface area contributed by atoms with E-state index < -0.39 is 17.7 Å². The Bertz CT molecular complexity index is 1190. The van der Waals surface area contributed by atoms with Crippen molar-refractivity contribution < 1.29 is 14.4 Å². The van der Waals surface area contributed by atoms with Gasteiger partial charge in [-0.05, 0) is 30.7 Å². The quantitative estimate of drug-likeness (QED) is 0.495. The van der Waals surface area contributed by atoms with Crippen LogP contribution in [0.3, 0.4) is 0 Å². The van der Waals surface area contributed by atoms with Gasteiger partial charge < -0.3 is 14.8 Å². The minimum Gasteiger partial charge on any atom is -0.354 e. The van der Waals surface area contributed by atoms with Crippen LogP contribution in [0.4, 0.5) is 0 Å². The number of hydrogen-bond donors (Lipinski definition) is 1. The van der Waals surface area contributed by atoms with Gasteiger partial charge >= 0.3 is 0 Å². The number of halogens is 1. The normalized spacial score (nSPS) is 18.8. The highest BCUT2D eigenvalue weighted by molar-refractivity contribution is 6.46. The third-order valence-corrected chi connectivity index (χ3v) is 5.85. The summed E-state index contributed by atoms with van der Waals surface area (Å²) in [5, 5.41) is 0.268. The van der Waals surface area contributed by atoms with Crippen LogP contribution >= 0.6 is 11.6 Å². The van der Waals surface area contributed by atoms with Crippen molar-refractivity contribution in [2.24, 2.45) is 0 Å². The van der Waals surface area contributed by atoms with Crippen LogP contribution in [0.1, 0.15) is 38.0 Å². The molecule has 0 bridgehead atoms. The second-order valence-electron chi connectivity index (χ2n) is 7.36. The largest absolute Gasteiger partial charge is 0.354 e. The molecular weight excluding hydrogens is 392 g/mol. The number of nitrogens with zero attached hydrogens (tertiary/aromatic N) is 3. The molecule has 0 unspecified atom stereocenters. The average molecular weight is 409 g/mol. The third kappa shape index (κ3) is 2.65. The molecule has 8 heteroatoms. The Morgan fingerprint density at radius 3 is 2.72 bits per heavy atom. The molecular formula is C21H17ClN4O3. The Hall–Kier alpha value is -3.19. The Labute approximate surface area is 171 Å². The van der Waals surface area contributed by atoms with Crippen LogP contribution in [-0.4, -0.2) is 57.0 Å². The lowest BCUT2D eigenvalue weighted by atomic mass is 9.94. The van der Waals surface area contributed by atoms with Crippen LogP contribution in [0.5, 0.6) is 0 Å². The molecule has 1 aromatic carbocycles. The second-order valence-corrected chi connectivity index (χ2v) is 7.75. The van der Waals surface area contributed by atoms with Gasteiger partial charge in [0.05, 0.1) is 22.8 Å². The van der Waals surface area contributed by atoms with Crippen molar-refractivity contribution in [3.63, 3.8) is 0 Å². The first kappa shape index (κ1) is 17.9. The van der Waals surface area contributed by atoms with Gasteiger partial charge in [0, 0.05) is 25.2 Å². The number of carbonyl (C=O) groups is 3. The molecule has 2 amide bonds. The van der Waals surface area contributed by atoms with E-state index in [2.05, 4.69) is 9.97 Å². The number of aryl methyl sites for hydroxylation is 1. The number of Topliss-reactive ketones (excluding diaryl/α,β-unsaturated/α-hetero) is 1. The van der Waals surface area contributed by atoms with Gasteiger partial charge in [-0.25, -0.2) is 4.98 Å². The van der Waals surface area contributed by atoms with Crippen molar-refractivity contribution in [2.75, 3.05) is 19.6 Å². The molecule has 2 aliphatic rings. The first-order valence-corrected chi connectivity index (χ1v) is 9.72. The molecule has 2 aliphatic heterocycles. The summed E-state index contributed by atoms with van der Waals surface area (Å²) in [4.78, 5) is 49.4. The Morgan fingerprint density at radius 1 is 1.21 bits per heavy atom. The minimum absolute atomic E-state index is 0.0930. The number of aromatic amines is 1. The van der Waals surface area contributed by atoms with Crippen molar-refractivity contribution in [1.29, 1.82) is 0 Å². The molecule has 0 radical (unpaired) electrons. The molecule has 0 saturated carbocycles. The molecule has 146 valence electrons. The van der Waals surface area contributed by atoms with Gasteiger partial charge in [-0.2, -0.15) is 0 Å². The van der Waals surface area contributed by atoms with Crippen molar-refractivity contribution in [3.05, 3.63) is 63.9 Å². The van der Waals surface area contributed by atoms with Crippen LogP contribution in [0.2, 0.25) is 5.15 Å². The summed E-state index contributed by atoms with van der Waals surface area (Å²) in [6.45, 7) is 2.85. The maximum Gasteiger partial charge on any atom is 0.295 e. The van der Waals surface area contributed by atoms with Crippen LogP contribution < -0.4 is 0 Å². The summed E-state index contributed by atoms with van der Waals surface area (Å²) >= 11 is 6.09. The summed E-state index contributed by atoms with van der Waals surface area (Å²) in [5.41, 5.74) is 3.43. The maximum absolute atomic E-state index is 12.9. The van der Waals surface area contributed by atoms with Gasteiger partial charge in [0.2, 0.25) is 0 Å². The summed E-state index contributed by atoms with van der Waals surface area (Å²) in [5.74, 6) is -1.24. The standard InChI is InChI=1S/C21H17ClN4O3/c1-11-9-14(22)23-18-15-17(24-16(11)18)13-10-25(7-8-26(13)21(29)19(15)27)20(28)12-5-3-2-4-6-12/h2-6,9,13,24H,7-8,10H2,1H3/t13-/m0/s1. The minimum atomic E-state index is -0.584. The zero-order chi connectivity index (χ0) is 20.3. The van der Waals surface area contributed by atoms with Crippen molar-refractivity contribution in [1.82, 2.24) is 19.8 Å². The zero-order valence-electron chi connectivity index (χ0n) is 15.6. The van der Waals surface area contributed by atoms with Gasteiger partial charge in [0.1, 0.15) is 10.7 Å². The van der Waals surface area contributed by atoms with Gasteiger partial charge in [-0.1, -0.05) is 29.8 Å². The van der Waals surface area contributed by atoms with Gasteiger partial charge in [-0.15, -0.1) is 0 Å². The van der Waals surface area contributed by atoms with E-state index in [1.54, 1.807) is 28.0 Å². The van der Waals surface area contributed by atoms with E-state index in [0.717, 1.165) is 5.56 Å². The molecule has 1 N–H and O–H groups in total. The van der Waals surface area contributed by atoms with Crippen LogP contribution in [0.15, 0.2) is 36.4 Å².